The van der Waals surface area contributed by atoms with Gasteiger partial charge in [0.15, 0.2) is 0 Å². The Bertz CT molecular complexity index is 1130. The summed E-state index contributed by atoms with van der Waals surface area (Å²) >= 11 is 0. The number of rotatable bonds is 6. The van der Waals surface area contributed by atoms with Crippen LogP contribution in [0.25, 0.3) is 22.2 Å². The van der Waals surface area contributed by atoms with Crippen LogP contribution in [0.1, 0.15) is 30.1 Å². The quantitative estimate of drug-likeness (QED) is 0.584. The molecule has 1 fully saturated rings. The third-order valence-electron chi connectivity index (χ3n) is 5.85. The van der Waals surface area contributed by atoms with Crippen LogP contribution in [0, 0.1) is 6.92 Å². The van der Waals surface area contributed by atoms with Crippen molar-refractivity contribution in [2.24, 2.45) is 7.05 Å². The molecule has 0 radical (unpaired) electrons. The third kappa shape index (κ3) is 4.38. The van der Waals surface area contributed by atoms with E-state index in [0.717, 1.165) is 35.3 Å². The Morgan fingerprint density at radius 1 is 1.19 bits per heavy atom. The number of hydrogen-bond donors (Lipinski definition) is 0. The summed E-state index contributed by atoms with van der Waals surface area (Å²) in [6.07, 6.45) is -1.21. The molecule has 0 bridgehead atoms. The van der Waals surface area contributed by atoms with Gasteiger partial charge in [-0.15, -0.1) is 13.2 Å². The van der Waals surface area contributed by atoms with Gasteiger partial charge in [-0.1, -0.05) is 6.07 Å². The van der Waals surface area contributed by atoms with Gasteiger partial charge >= 0.3 is 6.36 Å². The van der Waals surface area contributed by atoms with Gasteiger partial charge < -0.3 is 13.9 Å². The zero-order valence-corrected chi connectivity index (χ0v) is 17.6. The van der Waals surface area contributed by atoms with Crippen molar-refractivity contribution >= 4 is 11.0 Å². The van der Waals surface area contributed by atoms with E-state index in [2.05, 4.69) is 4.74 Å². The predicted octanol–water partition coefficient (Wildman–Crippen LogP) is 4.14. The standard InChI is InChI=1S/C22H24F3N3O3/c1-13-8-16(12-27(2)21(13)29)14-4-5-18-19(11-14)28(6-7-31-22(23,24)25)20(26-18)15-9-17(10-15)30-3/h4-5,8,11-12,15,17H,6-7,9-10H2,1-3H3/t15-,17+. The molecule has 0 amide bonds. The summed E-state index contributed by atoms with van der Waals surface area (Å²) in [6.45, 7) is 1.30. The van der Waals surface area contributed by atoms with Gasteiger partial charge in [-0.3, -0.25) is 9.53 Å². The van der Waals surface area contributed by atoms with E-state index in [1.165, 1.54) is 4.57 Å². The second kappa shape index (κ2) is 8.12. The molecule has 0 spiro atoms. The molecule has 166 valence electrons. The number of methoxy groups -OCH3 is 1. The number of halogens is 3. The number of imidazole rings is 1. The van der Waals surface area contributed by atoms with Crippen LogP contribution in [0.2, 0.25) is 0 Å². The third-order valence-corrected chi connectivity index (χ3v) is 5.85. The monoisotopic (exact) mass is 435 g/mol. The first-order chi connectivity index (χ1) is 14.7. The zero-order valence-electron chi connectivity index (χ0n) is 17.6. The predicted molar refractivity (Wildman–Crippen MR) is 110 cm³/mol. The smallest absolute Gasteiger partial charge is 0.381 e. The van der Waals surface area contributed by atoms with Crippen LogP contribution >= 0.6 is 0 Å². The summed E-state index contributed by atoms with van der Waals surface area (Å²) in [4.78, 5) is 16.7. The van der Waals surface area contributed by atoms with Crippen LogP contribution in [-0.4, -0.2) is 40.3 Å². The van der Waals surface area contributed by atoms with Crippen molar-refractivity contribution in [2.45, 2.75) is 44.7 Å². The molecule has 1 aliphatic rings. The molecule has 4 rings (SSSR count). The molecule has 2 heterocycles. The van der Waals surface area contributed by atoms with Crippen molar-refractivity contribution in [1.82, 2.24) is 14.1 Å². The highest BCUT2D eigenvalue weighted by atomic mass is 19.4. The lowest BCUT2D eigenvalue weighted by molar-refractivity contribution is -0.325. The van der Waals surface area contributed by atoms with Gasteiger partial charge in [0.05, 0.1) is 23.7 Å². The van der Waals surface area contributed by atoms with E-state index in [0.29, 0.717) is 11.1 Å². The number of aryl methyl sites for hydroxylation is 2. The fourth-order valence-corrected chi connectivity index (χ4v) is 4.12. The minimum atomic E-state index is -4.67. The summed E-state index contributed by atoms with van der Waals surface area (Å²) in [6, 6.07) is 7.49. The maximum atomic E-state index is 12.5. The van der Waals surface area contributed by atoms with Gasteiger partial charge in [0.1, 0.15) is 5.82 Å². The molecular formula is C22H24F3N3O3. The molecule has 2 aromatic heterocycles. The first-order valence-corrected chi connectivity index (χ1v) is 10.1. The van der Waals surface area contributed by atoms with Gasteiger partial charge in [-0.2, -0.15) is 0 Å². The molecule has 0 atom stereocenters. The SMILES string of the molecule is CO[C@H]1C[C@@H](c2nc3ccc(-c4cc(C)c(=O)n(C)c4)cc3n2CCOC(F)(F)F)C1. The lowest BCUT2D eigenvalue weighted by Gasteiger charge is -2.33. The molecule has 9 heteroatoms. The van der Waals surface area contributed by atoms with Crippen molar-refractivity contribution in [1.29, 1.82) is 0 Å². The Hall–Kier alpha value is -2.65. The fourth-order valence-electron chi connectivity index (χ4n) is 4.12. The van der Waals surface area contributed by atoms with Gasteiger partial charge in [-0.25, -0.2) is 4.98 Å². The van der Waals surface area contributed by atoms with E-state index in [1.807, 2.05) is 28.8 Å². The summed E-state index contributed by atoms with van der Waals surface area (Å²) in [5, 5.41) is 0. The molecular weight excluding hydrogens is 411 g/mol. The second-order valence-electron chi connectivity index (χ2n) is 7.97. The molecule has 6 nitrogen and oxygen atoms in total. The number of hydrogen-bond acceptors (Lipinski definition) is 4. The van der Waals surface area contributed by atoms with Crippen LogP contribution in [0.15, 0.2) is 35.3 Å². The molecule has 1 aromatic carbocycles. The lowest BCUT2D eigenvalue weighted by atomic mass is 9.81. The number of alkyl halides is 3. The largest absolute Gasteiger partial charge is 0.522 e. The van der Waals surface area contributed by atoms with E-state index >= 15 is 0 Å². The summed E-state index contributed by atoms with van der Waals surface area (Å²) in [7, 11) is 3.35. The Morgan fingerprint density at radius 2 is 1.94 bits per heavy atom. The second-order valence-corrected chi connectivity index (χ2v) is 7.97. The lowest BCUT2D eigenvalue weighted by Crippen LogP contribution is -2.31. The Balaban J connectivity index is 1.74. The maximum Gasteiger partial charge on any atom is 0.522 e. The zero-order chi connectivity index (χ0) is 22.3. The van der Waals surface area contributed by atoms with Crippen LogP contribution in [-0.2, 0) is 23.1 Å². The topological polar surface area (TPSA) is 58.3 Å². The van der Waals surface area contributed by atoms with Gasteiger partial charge in [0.25, 0.3) is 5.56 Å². The van der Waals surface area contributed by atoms with Crippen LogP contribution < -0.4 is 5.56 Å². The molecule has 0 unspecified atom stereocenters. The highest BCUT2D eigenvalue weighted by molar-refractivity contribution is 5.82. The normalized spacial score (nSPS) is 19.0. The number of benzene rings is 1. The minimum Gasteiger partial charge on any atom is -0.381 e. The minimum absolute atomic E-state index is 0.0370. The number of pyridine rings is 1. The van der Waals surface area contributed by atoms with Crippen LogP contribution in [0.3, 0.4) is 0 Å². The Morgan fingerprint density at radius 3 is 2.58 bits per heavy atom. The summed E-state index contributed by atoms with van der Waals surface area (Å²) in [5.41, 5.74) is 3.72. The Labute approximate surface area is 177 Å². The number of fused-ring (bicyclic) bond motifs is 1. The molecule has 0 aliphatic heterocycles. The van der Waals surface area contributed by atoms with E-state index in [9.17, 15) is 18.0 Å². The maximum absolute atomic E-state index is 12.5. The Kier molecular flexibility index (Phi) is 5.65. The molecule has 3 aromatic rings. The molecule has 1 saturated carbocycles. The number of nitrogens with zero attached hydrogens (tertiary/aromatic N) is 3. The summed E-state index contributed by atoms with van der Waals surface area (Å²) < 4.78 is 50.3. The van der Waals surface area contributed by atoms with Crippen LogP contribution in [0.5, 0.6) is 0 Å². The fraction of sp³-hybridized carbons (Fsp3) is 0.455. The first-order valence-electron chi connectivity index (χ1n) is 10.1. The van der Waals surface area contributed by atoms with Gasteiger partial charge in [0.2, 0.25) is 0 Å². The van der Waals surface area contributed by atoms with E-state index in [4.69, 9.17) is 9.72 Å². The first kappa shape index (κ1) is 21.6. The molecule has 0 saturated heterocycles. The van der Waals surface area contributed by atoms with E-state index in [1.54, 1.807) is 27.3 Å². The molecule has 0 N–H and O–H groups in total. The average Bonchev–Trinajstić information content (AvgIpc) is 3.01. The van der Waals surface area contributed by atoms with Crippen molar-refractivity contribution in [3.05, 3.63) is 52.2 Å². The van der Waals surface area contributed by atoms with Crippen molar-refractivity contribution in [2.75, 3.05) is 13.7 Å². The number of aromatic nitrogens is 3. The van der Waals surface area contributed by atoms with Gasteiger partial charge in [-0.05, 0) is 49.1 Å². The average molecular weight is 435 g/mol. The number of ether oxygens (including phenoxy) is 2. The van der Waals surface area contributed by atoms with Crippen molar-refractivity contribution in [3.63, 3.8) is 0 Å². The molecule has 1 aliphatic carbocycles. The van der Waals surface area contributed by atoms with Crippen molar-refractivity contribution < 1.29 is 22.6 Å². The van der Waals surface area contributed by atoms with E-state index < -0.39 is 13.0 Å². The molecule has 31 heavy (non-hydrogen) atoms. The highest BCUT2D eigenvalue weighted by Crippen LogP contribution is 2.39. The van der Waals surface area contributed by atoms with Crippen LogP contribution in [0.4, 0.5) is 13.2 Å². The van der Waals surface area contributed by atoms with E-state index in [-0.39, 0.29) is 24.1 Å². The van der Waals surface area contributed by atoms with Gasteiger partial charge in [0, 0.05) is 38.4 Å². The summed E-state index contributed by atoms with van der Waals surface area (Å²) in [5.74, 6) is 0.884. The highest BCUT2D eigenvalue weighted by Gasteiger charge is 2.34. The van der Waals surface area contributed by atoms with Crippen molar-refractivity contribution in [3.8, 4) is 11.1 Å².